The number of H-pyrrole nitrogens is 1. The molecule has 8 nitrogen and oxygen atoms in total. The standard InChI is InChI=1S/C27H22N4O4/c1-28-27(33)25-21-12-7-18(15-22(21)30-31-25)16-3-8-19(9-4-16)29-26(32)24-14-13-23(35-24)17-5-10-20(34-2)11-6-17/h3-15H,1-2H3,(H,28,33)(H,29,32)(H,30,31). The Morgan fingerprint density at radius 1 is 0.857 bits per heavy atom. The molecule has 0 saturated carbocycles. The van der Waals surface area contributed by atoms with Gasteiger partial charge in [-0.1, -0.05) is 18.2 Å². The van der Waals surface area contributed by atoms with Crippen LogP contribution < -0.4 is 15.4 Å². The van der Waals surface area contributed by atoms with Gasteiger partial charge in [0.2, 0.25) is 0 Å². The van der Waals surface area contributed by atoms with Crippen molar-refractivity contribution in [3.63, 3.8) is 0 Å². The Morgan fingerprint density at radius 2 is 1.57 bits per heavy atom. The molecule has 8 heteroatoms. The molecule has 35 heavy (non-hydrogen) atoms. The first-order chi connectivity index (χ1) is 17.1. The molecule has 0 radical (unpaired) electrons. The molecule has 5 aromatic rings. The van der Waals surface area contributed by atoms with Gasteiger partial charge in [0.15, 0.2) is 11.5 Å². The molecule has 2 aromatic heterocycles. The number of nitrogens with one attached hydrogen (secondary N) is 3. The van der Waals surface area contributed by atoms with Crippen molar-refractivity contribution >= 4 is 28.4 Å². The van der Waals surface area contributed by atoms with Gasteiger partial charge in [0, 0.05) is 23.7 Å². The second-order valence-electron chi connectivity index (χ2n) is 7.84. The SMILES string of the molecule is CNC(=O)c1n[nH]c2cc(-c3ccc(NC(=O)c4ccc(-c5ccc(OC)cc5)o4)cc3)ccc12. The highest BCUT2D eigenvalue weighted by molar-refractivity contribution is 6.05. The Morgan fingerprint density at radius 3 is 2.29 bits per heavy atom. The number of ether oxygens (including phenoxy) is 1. The van der Waals surface area contributed by atoms with E-state index in [2.05, 4.69) is 20.8 Å². The van der Waals surface area contributed by atoms with Crippen molar-refractivity contribution in [3.05, 3.63) is 90.3 Å². The van der Waals surface area contributed by atoms with E-state index in [1.165, 1.54) is 0 Å². The average molecular weight is 466 g/mol. The number of fused-ring (bicyclic) bond motifs is 1. The van der Waals surface area contributed by atoms with Gasteiger partial charge in [-0.25, -0.2) is 0 Å². The lowest BCUT2D eigenvalue weighted by Gasteiger charge is -2.06. The number of furan rings is 1. The van der Waals surface area contributed by atoms with Crippen LogP contribution in [0.1, 0.15) is 21.0 Å². The lowest BCUT2D eigenvalue weighted by Crippen LogP contribution is -2.18. The number of carbonyl (C=O) groups is 2. The molecule has 0 aliphatic heterocycles. The summed E-state index contributed by atoms with van der Waals surface area (Å²) in [7, 11) is 3.18. The van der Waals surface area contributed by atoms with E-state index in [0.29, 0.717) is 17.1 Å². The molecule has 0 unspecified atom stereocenters. The smallest absolute Gasteiger partial charge is 0.291 e. The Kier molecular flexibility index (Phi) is 5.76. The third-order valence-electron chi connectivity index (χ3n) is 5.69. The second-order valence-corrected chi connectivity index (χ2v) is 7.84. The number of benzene rings is 3. The minimum Gasteiger partial charge on any atom is -0.497 e. The Bertz CT molecular complexity index is 1520. The molecule has 0 bridgehead atoms. The number of methoxy groups -OCH3 is 1. The van der Waals surface area contributed by atoms with Crippen LogP contribution >= 0.6 is 0 Å². The van der Waals surface area contributed by atoms with E-state index in [-0.39, 0.29) is 17.6 Å². The summed E-state index contributed by atoms with van der Waals surface area (Å²) in [5, 5.41) is 13.2. The summed E-state index contributed by atoms with van der Waals surface area (Å²) >= 11 is 0. The van der Waals surface area contributed by atoms with Crippen LogP contribution in [-0.2, 0) is 0 Å². The molecule has 3 aromatic carbocycles. The number of nitrogens with zero attached hydrogens (tertiary/aromatic N) is 1. The van der Waals surface area contributed by atoms with Gasteiger partial charge in [0.05, 0.1) is 12.6 Å². The summed E-state index contributed by atoms with van der Waals surface area (Å²) in [4.78, 5) is 24.6. The van der Waals surface area contributed by atoms with Crippen molar-refractivity contribution in [2.24, 2.45) is 0 Å². The molecule has 2 amide bonds. The average Bonchev–Trinajstić information content (AvgIpc) is 3.56. The summed E-state index contributed by atoms with van der Waals surface area (Å²) in [6.45, 7) is 0. The van der Waals surface area contributed by atoms with E-state index in [9.17, 15) is 9.59 Å². The zero-order valence-electron chi connectivity index (χ0n) is 19.1. The maximum absolute atomic E-state index is 12.7. The van der Waals surface area contributed by atoms with Gasteiger partial charge in [-0.15, -0.1) is 0 Å². The van der Waals surface area contributed by atoms with Crippen LogP contribution in [0.15, 0.2) is 83.3 Å². The Balaban J connectivity index is 1.29. The van der Waals surface area contributed by atoms with Crippen LogP contribution in [0.25, 0.3) is 33.4 Å². The molecule has 0 aliphatic carbocycles. The van der Waals surface area contributed by atoms with E-state index in [1.54, 1.807) is 26.3 Å². The fourth-order valence-electron chi connectivity index (χ4n) is 3.80. The zero-order chi connectivity index (χ0) is 24.4. The quantitative estimate of drug-likeness (QED) is 0.322. The first-order valence-electron chi connectivity index (χ1n) is 10.9. The summed E-state index contributed by atoms with van der Waals surface area (Å²) in [6.07, 6.45) is 0. The van der Waals surface area contributed by atoms with E-state index in [4.69, 9.17) is 9.15 Å². The first-order valence-corrected chi connectivity index (χ1v) is 10.9. The number of rotatable bonds is 6. The summed E-state index contributed by atoms with van der Waals surface area (Å²) in [5.41, 5.74) is 4.54. The largest absolute Gasteiger partial charge is 0.497 e. The van der Waals surface area contributed by atoms with Crippen molar-refractivity contribution in [3.8, 4) is 28.2 Å². The minimum absolute atomic E-state index is 0.219. The highest BCUT2D eigenvalue weighted by atomic mass is 16.5. The molecule has 174 valence electrons. The molecule has 3 N–H and O–H groups in total. The van der Waals surface area contributed by atoms with Crippen LogP contribution in [0.5, 0.6) is 5.75 Å². The summed E-state index contributed by atoms with van der Waals surface area (Å²) in [6, 6.07) is 24.1. The third-order valence-corrected chi connectivity index (χ3v) is 5.69. The maximum Gasteiger partial charge on any atom is 0.291 e. The molecule has 0 saturated heterocycles. The Labute approximate surface area is 200 Å². The number of carbonyl (C=O) groups excluding carboxylic acids is 2. The van der Waals surface area contributed by atoms with Crippen molar-refractivity contribution < 1.29 is 18.7 Å². The third kappa shape index (κ3) is 4.37. The lowest BCUT2D eigenvalue weighted by atomic mass is 10.0. The molecular formula is C27H22N4O4. The van der Waals surface area contributed by atoms with Gasteiger partial charge in [-0.05, 0) is 71.8 Å². The molecule has 0 atom stereocenters. The van der Waals surface area contributed by atoms with Crippen molar-refractivity contribution in [1.82, 2.24) is 15.5 Å². The lowest BCUT2D eigenvalue weighted by molar-refractivity contribution is 0.0958. The fraction of sp³-hybridized carbons (Fsp3) is 0.0741. The van der Waals surface area contributed by atoms with Crippen molar-refractivity contribution in [1.29, 1.82) is 0 Å². The number of hydrogen-bond donors (Lipinski definition) is 3. The van der Waals surface area contributed by atoms with Gasteiger partial charge < -0.3 is 19.8 Å². The van der Waals surface area contributed by atoms with Crippen LogP contribution in [0.3, 0.4) is 0 Å². The maximum atomic E-state index is 12.7. The number of aromatic nitrogens is 2. The van der Waals surface area contributed by atoms with Gasteiger partial charge in [-0.3, -0.25) is 14.7 Å². The Hall–Kier alpha value is -4.85. The minimum atomic E-state index is -0.335. The van der Waals surface area contributed by atoms with Crippen molar-refractivity contribution in [2.45, 2.75) is 0 Å². The van der Waals surface area contributed by atoms with E-state index < -0.39 is 0 Å². The van der Waals surface area contributed by atoms with Gasteiger partial charge >= 0.3 is 0 Å². The number of aromatic amines is 1. The van der Waals surface area contributed by atoms with Gasteiger partial charge in [0.25, 0.3) is 11.8 Å². The van der Waals surface area contributed by atoms with E-state index in [0.717, 1.165) is 33.3 Å². The van der Waals surface area contributed by atoms with Gasteiger partial charge in [0.1, 0.15) is 11.5 Å². The summed E-state index contributed by atoms with van der Waals surface area (Å²) < 4.78 is 10.9. The number of hydrogen-bond acceptors (Lipinski definition) is 5. The number of amides is 2. The highest BCUT2D eigenvalue weighted by Gasteiger charge is 2.14. The van der Waals surface area contributed by atoms with Crippen molar-refractivity contribution in [2.75, 3.05) is 19.5 Å². The molecule has 0 spiro atoms. The highest BCUT2D eigenvalue weighted by Crippen LogP contribution is 2.27. The summed E-state index contributed by atoms with van der Waals surface area (Å²) in [5.74, 6) is 0.994. The topological polar surface area (TPSA) is 109 Å². The predicted octanol–water partition coefficient (Wildman–Crippen LogP) is 5.11. The van der Waals surface area contributed by atoms with E-state index >= 15 is 0 Å². The zero-order valence-corrected chi connectivity index (χ0v) is 19.1. The molecule has 0 fully saturated rings. The molecule has 2 heterocycles. The number of anilines is 1. The van der Waals surface area contributed by atoms with E-state index in [1.807, 2.05) is 66.7 Å². The first kappa shape index (κ1) is 22.0. The second kappa shape index (κ2) is 9.18. The predicted molar refractivity (Wildman–Crippen MR) is 134 cm³/mol. The molecule has 0 aliphatic rings. The van der Waals surface area contributed by atoms with Crippen LogP contribution in [0.2, 0.25) is 0 Å². The molecular weight excluding hydrogens is 444 g/mol. The molecule has 5 rings (SSSR count). The van der Waals surface area contributed by atoms with Crippen LogP contribution in [-0.4, -0.2) is 36.2 Å². The monoisotopic (exact) mass is 466 g/mol. The van der Waals surface area contributed by atoms with Crippen LogP contribution in [0.4, 0.5) is 5.69 Å². The normalized spacial score (nSPS) is 10.8. The van der Waals surface area contributed by atoms with Crippen LogP contribution in [0, 0.1) is 0 Å². The van der Waals surface area contributed by atoms with Gasteiger partial charge in [-0.2, -0.15) is 5.10 Å². The fourth-order valence-corrected chi connectivity index (χ4v) is 3.80.